The van der Waals surface area contributed by atoms with Gasteiger partial charge in [-0.25, -0.2) is 0 Å². The molecule has 1 atom stereocenters. The molecule has 32 heavy (non-hydrogen) atoms. The van der Waals surface area contributed by atoms with E-state index in [2.05, 4.69) is 5.32 Å². The predicted octanol–water partition coefficient (Wildman–Crippen LogP) is 3.96. The molecule has 6 nitrogen and oxygen atoms in total. The Hall–Kier alpha value is -3.80. The highest BCUT2D eigenvalue weighted by Crippen LogP contribution is 2.36. The molecule has 164 valence electrons. The van der Waals surface area contributed by atoms with Crippen LogP contribution in [0.15, 0.2) is 78.9 Å². The number of hydrogen-bond donors (Lipinski definition) is 1. The van der Waals surface area contributed by atoms with Crippen LogP contribution in [0.5, 0.6) is 11.5 Å². The molecule has 0 aromatic heterocycles. The number of carbonyl (C=O) groups excluding carboxylic acids is 2. The molecule has 0 bridgehead atoms. The van der Waals surface area contributed by atoms with Crippen molar-refractivity contribution in [2.24, 2.45) is 5.92 Å². The quantitative estimate of drug-likeness (QED) is 0.616. The SMILES string of the molecule is COc1ccc(N2C[C@@H](C(=O)NC(c3ccccc3)c3ccccc3)CC2=O)c(OC)c1. The van der Waals surface area contributed by atoms with Crippen LogP contribution < -0.4 is 19.7 Å². The van der Waals surface area contributed by atoms with Crippen LogP contribution in [0.1, 0.15) is 23.6 Å². The summed E-state index contributed by atoms with van der Waals surface area (Å²) < 4.78 is 10.7. The Kier molecular flexibility index (Phi) is 6.40. The second-order valence-corrected chi connectivity index (χ2v) is 7.71. The Labute approximate surface area is 187 Å². The Morgan fingerprint density at radius 1 is 0.938 bits per heavy atom. The third-order valence-electron chi connectivity index (χ3n) is 5.73. The lowest BCUT2D eigenvalue weighted by Crippen LogP contribution is -2.36. The first kappa shape index (κ1) is 21.4. The molecule has 2 amide bonds. The lowest BCUT2D eigenvalue weighted by molar-refractivity contribution is -0.126. The van der Waals surface area contributed by atoms with E-state index >= 15 is 0 Å². The van der Waals surface area contributed by atoms with Crippen LogP contribution in [0, 0.1) is 5.92 Å². The normalized spacial score (nSPS) is 15.7. The van der Waals surface area contributed by atoms with Gasteiger partial charge in [-0.15, -0.1) is 0 Å². The molecule has 1 fully saturated rings. The molecule has 4 rings (SSSR count). The molecule has 0 radical (unpaired) electrons. The van der Waals surface area contributed by atoms with Crippen molar-refractivity contribution in [3.05, 3.63) is 90.0 Å². The van der Waals surface area contributed by atoms with Crippen LogP contribution in [0.4, 0.5) is 5.69 Å². The number of nitrogens with one attached hydrogen (secondary N) is 1. The minimum absolute atomic E-state index is 0.107. The number of ether oxygens (including phenoxy) is 2. The summed E-state index contributed by atoms with van der Waals surface area (Å²) in [5, 5.41) is 3.16. The molecule has 1 N–H and O–H groups in total. The third-order valence-corrected chi connectivity index (χ3v) is 5.73. The number of nitrogens with zero attached hydrogens (tertiary/aromatic N) is 1. The zero-order valence-corrected chi connectivity index (χ0v) is 18.2. The Morgan fingerprint density at radius 2 is 1.56 bits per heavy atom. The summed E-state index contributed by atoms with van der Waals surface area (Å²) in [6, 6.07) is 24.7. The number of methoxy groups -OCH3 is 2. The maximum atomic E-state index is 13.2. The summed E-state index contributed by atoms with van der Waals surface area (Å²) in [4.78, 5) is 27.6. The topological polar surface area (TPSA) is 67.9 Å². The van der Waals surface area contributed by atoms with Gasteiger partial charge in [-0.3, -0.25) is 9.59 Å². The van der Waals surface area contributed by atoms with Crippen molar-refractivity contribution in [2.75, 3.05) is 25.7 Å². The van der Waals surface area contributed by atoms with Gasteiger partial charge >= 0.3 is 0 Å². The van der Waals surface area contributed by atoms with E-state index in [0.29, 0.717) is 23.7 Å². The number of rotatable bonds is 7. The number of carbonyl (C=O) groups is 2. The van der Waals surface area contributed by atoms with Crippen molar-refractivity contribution in [3.8, 4) is 11.5 Å². The average molecular weight is 431 g/mol. The molecule has 3 aromatic rings. The molecule has 1 aliphatic rings. The van der Waals surface area contributed by atoms with Crippen molar-refractivity contribution >= 4 is 17.5 Å². The number of benzene rings is 3. The van der Waals surface area contributed by atoms with E-state index in [9.17, 15) is 9.59 Å². The van der Waals surface area contributed by atoms with Gasteiger partial charge in [0.1, 0.15) is 11.5 Å². The minimum Gasteiger partial charge on any atom is -0.497 e. The summed E-state index contributed by atoms with van der Waals surface area (Å²) >= 11 is 0. The second kappa shape index (κ2) is 9.56. The van der Waals surface area contributed by atoms with Crippen LogP contribution in [0.2, 0.25) is 0 Å². The Morgan fingerprint density at radius 3 is 2.12 bits per heavy atom. The summed E-state index contributed by atoms with van der Waals surface area (Å²) in [6.07, 6.45) is 0.150. The summed E-state index contributed by atoms with van der Waals surface area (Å²) in [7, 11) is 3.12. The van der Waals surface area contributed by atoms with E-state index in [1.807, 2.05) is 60.7 Å². The fourth-order valence-corrected chi connectivity index (χ4v) is 4.03. The largest absolute Gasteiger partial charge is 0.497 e. The molecule has 0 aliphatic carbocycles. The maximum absolute atomic E-state index is 13.2. The zero-order chi connectivity index (χ0) is 22.5. The smallest absolute Gasteiger partial charge is 0.227 e. The summed E-state index contributed by atoms with van der Waals surface area (Å²) in [5.41, 5.74) is 2.62. The number of anilines is 1. The van der Waals surface area contributed by atoms with Gasteiger partial charge in [-0.1, -0.05) is 60.7 Å². The molecule has 1 saturated heterocycles. The molecule has 0 saturated carbocycles. The standard InChI is InChI=1S/C26H26N2O4/c1-31-21-13-14-22(23(16-21)32-2)28-17-20(15-24(28)29)26(30)27-25(18-9-5-3-6-10-18)19-11-7-4-8-12-19/h3-14,16,20,25H,15,17H2,1-2H3,(H,27,30)/t20-/m0/s1. The van der Waals surface area contributed by atoms with E-state index < -0.39 is 5.92 Å². The van der Waals surface area contributed by atoms with E-state index in [1.165, 1.54) is 0 Å². The minimum atomic E-state index is -0.454. The van der Waals surface area contributed by atoms with Crippen molar-refractivity contribution in [2.45, 2.75) is 12.5 Å². The lowest BCUT2D eigenvalue weighted by Gasteiger charge is -2.23. The van der Waals surface area contributed by atoms with Gasteiger partial charge in [0.25, 0.3) is 0 Å². The lowest BCUT2D eigenvalue weighted by atomic mass is 9.97. The van der Waals surface area contributed by atoms with Gasteiger partial charge in [0, 0.05) is 19.0 Å². The van der Waals surface area contributed by atoms with E-state index in [-0.39, 0.29) is 24.3 Å². The Balaban J connectivity index is 1.54. The van der Waals surface area contributed by atoms with Gasteiger partial charge in [0.05, 0.1) is 31.9 Å². The highest BCUT2D eigenvalue weighted by Gasteiger charge is 2.37. The van der Waals surface area contributed by atoms with Crippen LogP contribution in [0.25, 0.3) is 0 Å². The van der Waals surface area contributed by atoms with Gasteiger partial charge in [-0.05, 0) is 23.3 Å². The number of hydrogen-bond acceptors (Lipinski definition) is 4. The first-order valence-corrected chi connectivity index (χ1v) is 10.5. The monoisotopic (exact) mass is 430 g/mol. The molecule has 1 heterocycles. The molecule has 0 spiro atoms. The van der Waals surface area contributed by atoms with E-state index in [1.54, 1.807) is 37.3 Å². The third kappa shape index (κ3) is 4.44. The molecular weight excluding hydrogens is 404 g/mol. The molecule has 6 heteroatoms. The zero-order valence-electron chi connectivity index (χ0n) is 18.2. The molecule has 0 unspecified atom stereocenters. The van der Waals surface area contributed by atoms with Crippen LogP contribution >= 0.6 is 0 Å². The van der Waals surface area contributed by atoms with Crippen LogP contribution in [0.3, 0.4) is 0 Å². The van der Waals surface area contributed by atoms with Crippen molar-refractivity contribution < 1.29 is 19.1 Å². The molecule has 3 aromatic carbocycles. The maximum Gasteiger partial charge on any atom is 0.227 e. The van der Waals surface area contributed by atoms with E-state index in [0.717, 1.165) is 11.1 Å². The van der Waals surface area contributed by atoms with Crippen LogP contribution in [-0.4, -0.2) is 32.6 Å². The van der Waals surface area contributed by atoms with Crippen molar-refractivity contribution in [1.29, 1.82) is 0 Å². The van der Waals surface area contributed by atoms with Gasteiger partial charge in [-0.2, -0.15) is 0 Å². The van der Waals surface area contributed by atoms with Crippen LogP contribution in [-0.2, 0) is 9.59 Å². The fourth-order valence-electron chi connectivity index (χ4n) is 4.03. The van der Waals surface area contributed by atoms with Gasteiger partial charge < -0.3 is 19.7 Å². The molecule has 1 aliphatic heterocycles. The number of amides is 2. The average Bonchev–Trinajstić information content (AvgIpc) is 3.24. The fraction of sp³-hybridized carbons (Fsp3) is 0.231. The van der Waals surface area contributed by atoms with E-state index in [4.69, 9.17) is 9.47 Å². The van der Waals surface area contributed by atoms with Crippen molar-refractivity contribution in [3.63, 3.8) is 0 Å². The molecular formula is C26H26N2O4. The first-order valence-electron chi connectivity index (χ1n) is 10.5. The predicted molar refractivity (Wildman–Crippen MR) is 123 cm³/mol. The second-order valence-electron chi connectivity index (χ2n) is 7.71. The van der Waals surface area contributed by atoms with Gasteiger partial charge in [0.2, 0.25) is 11.8 Å². The highest BCUT2D eigenvalue weighted by molar-refractivity contribution is 6.01. The summed E-state index contributed by atoms with van der Waals surface area (Å²) in [5.74, 6) is 0.463. The van der Waals surface area contributed by atoms with Crippen molar-refractivity contribution in [1.82, 2.24) is 5.32 Å². The summed E-state index contributed by atoms with van der Waals surface area (Å²) in [6.45, 7) is 0.295. The highest BCUT2D eigenvalue weighted by atomic mass is 16.5. The van der Waals surface area contributed by atoms with Gasteiger partial charge in [0.15, 0.2) is 0 Å². The first-order chi connectivity index (χ1) is 15.6. The Bertz CT molecular complexity index is 1050.